The third-order valence-electron chi connectivity index (χ3n) is 2.40. The molecule has 0 aliphatic heterocycles. The molecule has 6 heteroatoms. The minimum absolute atomic E-state index is 0.0612. The fraction of sp³-hybridized carbons (Fsp3) is 0.0769. The summed E-state index contributed by atoms with van der Waals surface area (Å²) in [6, 6.07) is 6.62. The van der Waals surface area contributed by atoms with Crippen molar-refractivity contribution in [1.29, 1.82) is 0 Å². The summed E-state index contributed by atoms with van der Waals surface area (Å²) in [5.74, 6) is 0.110. The Labute approximate surface area is 118 Å². The molecule has 98 valence electrons. The summed E-state index contributed by atoms with van der Waals surface area (Å²) < 4.78 is 5.98. The number of hydrogen-bond acceptors (Lipinski definition) is 4. The number of halogens is 1. The lowest BCUT2D eigenvalue weighted by atomic mass is 10.2. The monoisotopic (exact) mass is 322 g/mol. The van der Waals surface area contributed by atoms with E-state index in [1.165, 1.54) is 25.6 Å². The first-order valence-electron chi connectivity index (χ1n) is 5.39. The molecule has 0 atom stereocenters. The number of nitrogens with one attached hydrogen (secondary N) is 1. The number of nitrogens with zero attached hydrogens (tertiary/aromatic N) is 1. The Bertz CT molecular complexity index is 617. The van der Waals surface area contributed by atoms with Gasteiger partial charge in [0.15, 0.2) is 0 Å². The Hall–Kier alpha value is -2.08. The van der Waals surface area contributed by atoms with E-state index >= 15 is 0 Å². The lowest BCUT2D eigenvalue weighted by Gasteiger charge is -2.10. The first-order valence-corrected chi connectivity index (χ1v) is 6.18. The molecular formula is C13H11BrN2O3. The van der Waals surface area contributed by atoms with Crippen LogP contribution in [0.2, 0.25) is 0 Å². The van der Waals surface area contributed by atoms with Crippen LogP contribution in [0.4, 0.5) is 5.69 Å². The summed E-state index contributed by atoms with van der Waals surface area (Å²) in [6.45, 7) is 0. The molecule has 1 amide bonds. The van der Waals surface area contributed by atoms with Crippen LogP contribution in [0.15, 0.2) is 41.1 Å². The number of ether oxygens (including phenoxy) is 1. The molecule has 0 bridgehead atoms. The number of carbonyl (C=O) groups is 1. The zero-order valence-electron chi connectivity index (χ0n) is 10.1. The SMILES string of the molecule is COc1ccc(Br)cc1NC(=O)c1cncc(O)c1. The van der Waals surface area contributed by atoms with Gasteiger partial charge in [0, 0.05) is 10.7 Å². The first kappa shape index (κ1) is 13.4. The minimum Gasteiger partial charge on any atom is -0.506 e. The Kier molecular flexibility index (Phi) is 4.01. The fourth-order valence-electron chi connectivity index (χ4n) is 1.52. The average Bonchev–Trinajstić information content (AvgIpc) is 2.39. The van der Waals surface area contributed by atoms with Crippen molar-refractivity contribution >= 4 is 27.5 Å². The van der Waals surface area contributed by atoms with Gasteiger partial charge >= 0.3 is 0 Å². The third kappa shape index (κ3) is 3.23. The predicted octanol–water partition coefficient (Wildman–Crippen LogP) is 2.81. The number of anilines is 1. The van der Waals surface area contributed by atoms with E-state index in [9.17, 15) is 9.90 Å². The zero-order chi connectivity index (χ0) is 13.8. The van der Waals surface area contributed by atoms with Crippen molar-refractivity contribution in [1.82, 2.24) is 4.98 Å². The van der Waals surface area contributed by atoms with E-state index in [0.717, 1.165) is 4.47 Å². The number of benzene rings is 1. The van der Waals surface area contributed by atoms with Crippen molar-refractivity contribution in [3.8, 4) is 11.5 Å². The fourth-order valence-corrected chi connectivity index (χ4v) is 1.89. The molecule has 0 saturated heterocycles. The number of pyridine rings is 1. The highest BCUT2D eigenvalue weighted by molar-refractivity contribution is 9.10. The summed E-state index contributed by atoms with van der Waals surface area (Å²) in [5.41, 5.74) is 0.798. The Balaban J connectivity index is 2.26. The first-order chi connectivity index (χ1) is 9.10. The van der Waals surface area contributed by atoms with E-state index in [1.807, 2.05) is 6.07 Å². The Morgan fingerprint density at radius 2 is 2.16 bits per heavy atom. The lowest BCUT2D eigenvalue weighted by molar-refractivity contribution is 0.102. The second kappa shape index (κ2) is 5.71. The van der Waals surface area contributed by atoms with E-state index in [4.69, 9.17) is 4.74 Å². The van der Waals surface area contributed by atoms with Gasteiger partial charge in [0.2, 0.25) is 0 Å². The van der Waals surface area contributed by atoms with Crippen LogP contribution in [-0.4, -0.2) is 23.1 Å². The van der Waals surface area contributed by atoms with E-state index in [-0.39, 0.29) is 17.2 Å². The maximum atomic E-state index is 12.0. The normalized spacial score (nSPS) is 10.0. The molecule has 2 aromatic rings. The lowest BCUT2D eigenvalue weighted by Crippen LogP contribution is -2.12. The van der Waals surface area contributed by atoms with Crippen LogP contribution in [0.3, 0.4) is 0 Å². The molecule has 1 aromatic carbocycles. The van der Waals surface area contributed by atoms with E-state index in [0.29, 0.717) is 11.4 Å². The number of aromatic hydroxyl groups is 1. The zero-order valence-corrected chi connectivity index (χ0v) is 11.6. The largest absolute Gasteiger partial charge is 0.506 e. The standard InChI is InChI=1S/C13H11BrN2O3/c1-19-12-3-2-9(14)5-11(12)16-13(18)8-4-10(17)7-15-6-8/h2-7,17H,1H3,(H,16,18). The maximum Gasteiger partial charge on any atom is 0.257 e. The predicted molar refractivity (Wildman–Crippen MR) is 74.5 cm³/mol. The molecule has 0 fully saturated rings. The molecular weight excluding hydrogens is 312 g/mol. The quantitative estimate of drug-likeness (QED) is 0.911. The van der Waals surface area contributed by atoms with Gasteiger partial charge in [-0.25, -0.2) is 0 Å². The third-order valence-corrected chi connectivity index (χ3v) is 2.89. The summed E-state index contributed by atoms with van der Waals surface area (Å²) in [5, 5.41) is 12.0. The second-order valence-corrected chi connectivity index (χ2v) is 4.65. The molecule has 0 unspecified atom stereocenters. The minimum atomic E-state index is -0.375. The van der Waals surface area contributed by atoms with Crippen molar-refractivity contribution in [3.05, 3.63) is 46.7 Å². The molecule has 0 saturated carbocycles. The number of carbonyl (C=O) groups excluding carboxylic acids is 1. The van der Waals surface area contributed by atoms with Crippen molar-refractivity contribution in [2.45, 2.75) is 0 Å². The van der Waals surface area contributed by atoms with Crippen LogP contribution in [0.5, 0.6) is 11.5 Å². The molecule has 0 aliphatic rings. The number of methoxy groups -OCH3 is 1. The molecule has 0 spiro atoms. The van der Waals surface area contributed by atoms with Crippen LogP contribution < -0.4 is 10.1 Å². The Morgan fingerprint density at radius 3 is 2.84 bits per heavy atom. The van der Waals surface area contributed by atoms with Crippen LogP contribution in [-0.2, 0) is 0 Å². The van der Waals surface area contributed by atoms with Gasteiger partial charge in [-0.3, -0.25) is 9.78 Å². The molecule has 5 nitrogen and oxygen atoms in total. The molecule has 0 radical (unpaired) electrons. The van der Waals surface area contributed by atoms with Crippen LogP contribution in [0, 0.1) is 0 Å². The van der Waals surface area contributed by atoms with Gasteiger partial charge in [0.05, 0.1) is 24.6 Å². The number of rotatable bonds is 3. The van der Waals surface area contributed by atoms with Crippen molar-refractivity contribution in [3.63, 3.8) is 0 Å². The number of aromatic nitrogens is 1. The summed E-state index contributed by atoms with van der Waals surface area (Å²) in [6.07, 6.45) is 2.63. The van der Waals surface area contributed by atoms with Crippen LogP contribution >= 0.6 is 15.9 Å². The van der Waals surface area contributed by atoms with Gasteiger partial charge in [-0.15, -0.1) is 0 Å². The molecule has 1 heterocycles. The molecule has 2 rings (SSSR count). The van der Waals surface area contributed by atoms with E-state index < -0.39 is 0 Å². The van der Waals surface area contributed by atoms with Gasteiger partial charge < -0.3 is 15.2 Å². The summed E-state index contributed by atoms with van der Waals surface area (Å²) >= 11 is 3.32. The Morgan fingerprint density at radius 1 is 1.37 bits per heavy atom. The topological polar surface area (TPSA) is 71.5 Å². The van der Waals surface area contributed by atoms with Gasteiger partial charge in [-0.2, -0.15) is 0 Å². The number of amides is 1. The van der Waals surface area contributed by atoms with E-state index in [1.54, 1.807) is 12.1 Å². The molecule has 0 aliphatic carbocycles. The van der Waals surface area contributed by atoms with Gasteiger partial charge in [0.1, 0.15) is 11.5 Å². The van der Waals surface area contributed by atoms with Crippen LogP contribution in [0.25, 0.3) is 0 Å². The second-order valence-electron chi connectivity index (χ2n) is 3.73. The van der Waals surface area contributed by atoms with Gasteiger partial charge in [-0.1, -0.05) is 15.9 Å². The highest BCUT2D eigenvalue weighted by Crippen LogP contribution is 2.28. The molecule has 2 N–H and O–H groups in total. The van der Waals surface area contributed by atoms with Crippen molar-refractivity contribution < 1.29 is 14.6 Å². The smallest absolute Gasteiger partial charge is 0.257 e. The maximum absolute atomic E-state index is 12.0. The van der Waals surface area contributed by atoms with Crippen molar-refractivity contribution in [2.24, 2.45) is 0 Å². The van der Waals surface area contributed by atoms with Crippen molar-refractivity contribution in [2.75, 3.05) is 12.4 Å². The molecule has 1 aromatic heterocycles. The average molecular weight is 323 g/mol. The molecule has 19 heavy (non-hydrogen) atoms. The highest BCUT2D eigenvalue weighted by Gasteiger charge is 2.11. The van der Waals surface area contributed by atoms with Gasteiger partial charge in [-0.05, 0) is 24.3 Å². The van der Waals surface area contributed by atoms with Gasteiger partial charge in [0.25, 0.3) is 5.91 Å². The summed E-state index contributed by atoms with van der Waals surface area (Å²) in [7, 11) is 1.52. The van der Waals surface area contributed by atoms with Crippen LogP contribution in [0.1, 0.15) is 10.4 Å². The van der Waals surface area contributed by atoms with E-state index in [2.05, 4.69) is 26.2 Å². The highest BCUT2D eigenvalue weighted by atomic mass is 79.9. The number of hydrogen-bond donors (Lipinski definition) is 2. The summed E-state index contributed by atoms with van der Waals surface area (Å²) in [4.78, 5) is 15.8.